The summed E-state index contributed by atoms with van der Waals surface area (Å²) in [6.45, 7) is 2.52. The van der Waals surface area contributed by atoms with Gasteiger partial charge in [-0.2, -0.15) is 5.10 Å². The first-order valence-electron chi connectivity index (χ1n) is 8.68. The van der Waals surface area contributed by atoms with Crippen LogP contribution in [0.4, 0.5) is 0 Å². The van der Waals surface area contributed by atoms with Gasteiger partial charge in [0.15, 0.2) is 0 Å². The normalized spacial score (nSPS) is 16.5. The van der Waals surface area contributed by atoms with Crippen LogP contribution in [0.25, 0.3) is 0 Å². The van der Waals surface area contributed by atoms with Crippen LogP contribution in [0.15, 0.2) is 42.9 Å². The van der Waals surface area contributed by atoms with E-state index in [9.17, 15) is 4.79 Å². The number of aromatic amines is 1. The number of nitrogens with one attached hydrogen (secondary N) is 1. The lowest BCUT2D eigenvalue weighted by Gasteiger charge is -2.24. The standard InChI is InChI=1S/C19H18ClN5O2/c1-12-15(9-22-24-12)19(26)25-8-2-3-17(25)16-10-21-11-18(23-16)27-14-6-4-13(20)5-7-14/h4-7,9-11,17H,2-3,8H2,1H3,(H,22,24)/t17-/m0/s1. The summed E-state index contributed by atoms with van der Waals surface area (Å²) in [5, 5.41) is 7.40. The molecule has 3 aromatic rings. The molecule has 27 heavy (non-hydrogen) atoms. The Morgan fingerprint density at radius 3 is 2.81 bits per heavy atom. The highest BCUT2D eigenvalue weighted by Gasteiger charge is 2.33. The molecule has 8 heteroatoms. The van der Waals surface area contributed by atoms with Gasteiger partial charge in [-0.3, -0.25) is 14.9 Å². The monoisotopic (exact) mass is 383 g/mol. The summed E-state index contributed by atoms with van der Waals surface area (Å²) >= 11 is 5.90. The number of halogens is 1. The Hall–Kier alpha value is -2.93. The zero-order chi connectivity index (χ0) is 18.8. The van der Waals surface area contributed by atoms with Gasteiger partial charge in [0.05, 0.1) is 35.9 Å². The Kier molecular flexibility index (Phi) is 4.77. The Morgan fingerprint density at radius 1 is 1.26 bits per heavy atom. The van der Waals surface area contributed by atoms with Gasteiger partial charge in [-0.05, 0) is 44.0 Å². The average molecular weight is 384 g/mol. The molecule has 0 spiro atoms. The molecule has 1 atom stereocenters. The third-order valence-corrected chi connectivity index (χ3v) is 4.83. The first kappa shape index (κ1) is 17.5. The minimum Gasteiger partial charge on any atom is -0.437 e. The molecule has 138 valence electrons. The number of hydrogen-bond donors (Lipinski definition) is 1. The second-order valence-corrected chi connectivity index (χ2v) is 6.84. The highest BCUT2D eigenvalue weighted by molar-refractivity contribution is 6.30. The van der Waals surface area contributed by atoms with Crippen molar-refractivity contribution in [1.82, 2.24) is 25.1 Å². The largest absolute Gasteiger partial charge is 0.437 e. The van der Waals surface area contributed by atoms with Crippen LogP contribution in [0.1, 0.15) is 40.6 Å². The van der Waals surface area contributed by atoms with Gasteiger partial charge in [0, 0.05) is 17.3 Å². The maximum atomic E-state index is 12.9. The predicted molar refractivity (Wildman–Crippen MR) is 99.9 cm³/mol. The van der Waals surface area contributed by atoms with E-state index in [-0.39, 0.29) is 11.9 Å². The number of likely N-dealkylation sites (tertiary alicyclic amines) is 1. The summed E-state index contributed by atoms with van der Waals surface area (Å²) in [5.41, 5.74) is 2.06. The number of H-pyrrole nitrogens is 1. The van der Waals surface area contributed by atoms with Gasteiger partial charge in [-0.15, -0.1) is 0 Å². The molecule has 0 radical (unpaired) electrons. The summed E-state index contributed by atoms with van der Waals surface area (Å²) in [6, 6.07) is 6.90. The highest BCUT2D eigenvalue weighted by Crippen LogP contribution is 2.33. The molecule has 1 fully saturated rings. The van der Waals surface area contributed by atoms with Crippen LogP contribution in [-0.2, 0) is 0 Å². The van der Waals surface area contributed by atoms with Crippen LogP contribution in [0.2, 0.25) is 5.02 Å². The Balaban J connectivity index is 1.56. The maximum Gasteiger partial charge on any atom is 0.257 e. The second kappa shape index (κ2) is 7.36. The number of benzene rings is 1. The molecule has 7 nitrogen and oxygen atoms in total. The van der Waals surface area contributed by atoms with Gasteiger partial charge in [0.1, 0.15) is 5.75 Å². The van der Waals surface area contributed by atoms with Gasteiger partial charge in [0.25, 0.3) is 5.91 Å². The Labute approximate surface area is 161 Å². The molecular formula is C19H18ClN5O2. The number of hydrogen-bond acceptors (Lipinski definition) is 5. The molecular weight excluding hydrogens is 366 g/mol. The molecule has 1 saturated heterocycles. The van der Waals surface area contributed by atoms with Crippen molar-refractivity contribution < 1.29 is 9.53 Å². The SMILES string of the molecule is Cc1[nH]ncc1C(=O)N1CCC[C@H]1c1cncc(Oc2ccc(Cl)cc2)n1. The number of ether oxygens (including phenoxy) is 1. The summed E-state index contributed by atoms with van der Waals surface area (Å²) in [7, 11) is 0. The van der Waals surface area contributed by atoms with Crippen molar-refractivity contribution >= 4 is 17.5 Å². The van der Waals surface area contributed by atoms with Crippen LogP contribution >= 0.6 is 11.6 Å². The lowest BCUT2D eigenvalue weighted by Crippen LogP contribution is -2.31. The van der Waals surface area contributed by atoms with E-state index in [0.717, 1.165) is 18.5 Å². The number of rotatable bonds is 4. The smallest absolute Gasteiger partial charge is 0.257 e. The van der Waals surface area contributed by atoms with E-state index < -0.39 is 0 Å². The summed E-state index contributed by atoms with van der Waals surface area (Å²) < 4.78 is 5.77. The van der Waals surface area contributed by atoms with Crippen molar-refractivity contribution in [3.05, 3.63) is 64.8 Å². The van der Waals surface area contributed by atoms with E-state index in [1.165, 1.54) is 0 Å². The van der Waals surface area contributed by atoms with Crippen LogP contribution in [0.5, 0.6) is 11.6 Å². The molecule has 1 aromatic carbocycles. The van der Waals surface area contributed by atoms with Gasteiger partial charge in [-0.1, -0.05) is 11.6 Å². The van der Waals surface area contributed by atoms with E-state index in [1.807, 2.05) is 11.8 Å². The third kappa shape index (κ3) is 3.64. The molecule has 3 heterocycles. The van der Waals surface area contributed by atoms with Gasteiger partial charge in [0.2, 0.25) is 5.88 Å². The quantitative estimate of drug-likeness (QED) is 0.737. The Morgan fingerprint density at radius 2 is 2.07 bits per heavy atom. The van der Waals surface area contributed by atoms with E-state index >= 15 is 0 Å². The molecule has 0 aliphatic carbocycles. The lowest BCUT2D eigenvalue weighted by molar-refractivity contribution is 0.0731. The molecule has 4 rings (SSSR count). The first-order chi connectivity index (χ1) is 13.1. The van der Waals surface area contributed by atoms with Gasteiger partial charge >= 0.3 is 0 Å². The number of aromatic nitrogens is 4. The van der Waals surface area contributed by atoms with Crippen molar-refractivity contribution in [2.75, 3.05) is 6.54 Å². The van der Waals surface area contributed by atoms with Crippen molar-refractivity contribution in [2.24, 2.45) is 0 Å². The molecule has 0 bridgehead atoms. The van der Waals surface area contributed by atoms with Crippen molar-refractivity contribution in [2.45, 2.75) is 25.8 Å². The fourth-order valence-corrected chi connectivity index (χ4v) is 3.36. The number of carbonyl (C=O) groups is 1. The van der Waals surface area contributed by atoms with Crippen LogP contribution < -0.4 is 4.74 Å². The maximum absolute atomic E-state index is 12.9. The minimum absolute atomic E-state index is 0.0467. The van der Waals surface area contributed by atoms with Crippen LogP contribution in [-0.4, -0.2) is 37.5 Å². The number of nitrogens with zero attached hydrogens (tertiary/aromatic N) is 4. The first-order valence-corrected chi connectivity index (χ1v) is 9.06. The zero-order valence-corrected chi connectivity index (χ0v) is 15.5. The Bertz CT molecular complexity index is 957. The van der Waals surface area contributed by atoms with E-state index in [4.69, 9.17) is 16.3 Å². The number of amides is 1. The second-order valence-electron chi connectivity index (χ2n) is 6.40. The minimum atomic E-state index is -0.131. The van der Waals surface area contributed by atoms with Gasteiger partial charge in [-0.25, -0.2) is 4.98 Å². The summed E-state index contributed by atoms with van der Waals surface area (Å²) in [6.07, 6.45) is 6.56. The molecule has 2 aromatic heterocycles. The molecule has 0 unspecified atom stereocenters. The molecule has 1 aliphatic heterocycles. The topological polar surface area (TPSA) is 84.0 Å². The number of carbonyl (C=O) groups excluding carboxylic acids is 1. The van der Waals surface area contributed by atoms with Crippen LogP contribution in [0.3, 0.4) is 0 Å². The number of aryl methyl sites for hydroxylation is 1. The molecule has 0 saturated carbocycles. The molecule has 1 aliphatic rings. The molecule has 1 amide bonds. The average Bonchev–Trinajstić information content (AvgIpc) is 3.32. The van der Waals surface area contributed by atoms with Crippen molar-refractivity contribution in [3.63, 3.8) is 0 Å². The van der Waals surface area contributed by atoms with Crippen molar-refractivity contribution in [3.8, 4) is 11.6 Å². The van der Waals surface area contributed by atoms with Crippen LogP contribution in [0, 0.1) is 6.92 Å². The van der Waals surface area contributed by atoms with E-state index in [2.05, 4.69) is 20.2 Å². The summed E-state index contributed by atoms with van der Waals surface area (Å²) in [5.74, 6) is 0.961. The highest BCUT2D eigenvalue weighted by atomic mass is 35.5. The van der Waals surface area contributed by atoms with Crippen molar-refractivity contribution in [1.29, 1.82) is 0 Å². The fraction of sp³-hybridized carbons (Fsp3) is 0.263. The van der Waals surface area contributed by atoms with E-state index in [0.29, 0.717) is 34.5 Å². The van der Waals surface area contributed by atoms with Gasteiger partial charge < -0.3 is 9.64 Å². The molecule has 1 N–H and O–H groups in total. The lowest BCUT2D eigenvalue weighted by atomic mass is 10.1. The fourth-order valence-electron chi connectivity index (χ4n) is 3.23. The van der Waals surface area contributed by atoms with E-state index in [1.54, 1.807) is 42.9 Å². The zero-order valence-electron chi connectivity index (χ0n) is 14.7. The summed E-state index contributed by atoms with van der Waals surface area (Å²) in [4.78, 5) is 23.5. The third-order valence-electron chi connectivity index (χ3n) is 4.58. The predicted octanol–water partition coefficient (Wildman–Crippen LogP) is 3.93.